The van der Waals surface area contributed by atoms with Gasteiger partial charge in [-0.05, 0) is 54.2 Å². The first-order valence-corrected chi connectivity index (χ1v) is 12.3. The summed E-state index contributed by atoms with van der Waals surface area (Å²) in [6.07, 6.45) is 1.34. The standard InChI is InChI=1S/C23H37NO4S/c1-8-28-23(25)18-10-9-11-24(14-18)29(26,27)22-20(16(4)5)12-19(15(2)3)13-21(22)17(6)7/h12-13,15-18H,8-11,14H2,1-7H3/t18-/m0/s1. The zero-order valence-corrected chi connectivity index (χ0v) is 19.8. The van der Waals surface area contributed by atoms with Crippen LogP contribution in [-0.2, 0) is 19.6 Å². The lowest BCUT2D eigenvalue weighted by Crippen LogP contribution is -2.43. The van der Waals surface area contributed by atoms with E-state index >= 15 is 0 Å². The minimum absolute atomic E-state index is 0.0848. The van der Waals surface area contributed by atoms with E-state index < -0.39 is 15.9 Å². The Balaban J connectivity index is 2.57. The molecule has 1 fully saturated rings. The highest BCUT2D eigenvalue weighted by molar-refractivity contribution is 7.89. The highest BCUT2D eigenvalue weighted by Crippen LogP contribution is 2.37. The van der Waals surface area contributed by atoms with Crippen molar-refractivity contribution < 1.29 is 17.9 Å². The van der Waals surface area contributed by atoms with Crippen LogP contribution >= 0.6 is 0 Å². The summed E-state index contributed by atoms with van der Waals surface area (Å²) >= 11 is 0. The second-order valence-electron chi connectivity index (χ2n) is 8.95. The lowest BCUT2D eigenvalue weighted by atomic mass is 9.89. The maximum absolute atomic E-state index is 13.8. The average Bonchev–Trinajstić information content (AvgIpc) is 2.66. The number of hydrogen-bond acceptors (Lipinski definition) is 4. The van der Waals surface area contributed by atoms with Gasteiger partial charge in [-0.2, -0.15) is 4.31 Å². The van der Waals surface area contributed by atoms with E-state index in [0.717, 1.165) is 11.1 Å². The Kier molecular flexibility index (Phi) is 7.91. The summed E-state index contributed by atoms with van der Waals surface area (Å²) in [4.78, 5) is 12.7. The van der Waals surface area contributed by atoms with Crippen molar-refractivity contribution in [3.05, 3.63) is 28.8 Å². The SMILES string of the molecule is CCOC(=O)[C@H]1CCCN(S(=O)(=O)c2c(C(C)C)cc(C(C)C)cc2C(C)C)C1. The lowest BCUT2D eigenvalue weighted by molar-refractivity contribution is -0.149. The van der Waals surface area contributed by atoms with Crippen molar-refractivity contribution >= 4 is 16.0 Å². The quantitative estimate of drug-likeness (QED) is 0.578. The molecule has 29 heavy (non-hydrogen) atoms. The van der Waals surface area contributed by atoms with Crippen LogP contribution < -0.4 is 0 Å². The van der Waals surface area contributed by atoms with Crippen molar-refractivity contribution in [2.75, 3.05) is 19.7 Å². The fourth-order valence-electron chi connectivity index (χ4n) is 3.93. The molecule has 0 unspecified atom stereocenters. The third-order valence-electron chi connectivity index (χ3n) is 5.68. The molecule has 1 aromatic rings. The van der Waals surface area contributed by atoms with Gasteiger partial charge in [0, 0.05) is 13.1 Å². The van der Waals surface area contributed by atoms with Crippen molar-refractivity contribution in [2.24, 2.45) is 5.92 Å². The summed E-state index contributed by atoms with van der Waals surface area (Å²) in [6.45, 7) is 15.2. The smallest absolute Gasteiger partial charge is 0.310 e. The van der Waals surface area contributed by atoms with E-state index in [9.17, 15) is 13.2 Å². The van der Waals surface area contributed by atoms with Gasteiger partial charge in [0.05, 0.1) is 17.4 Å². The molecule has 0 radical (unpaired) electrons. The van der Waals surface area contributed by atoms with Crippen LogP contribution in [-0.4, -0.2) is 38.4 Å². The summed E-state index contributed by atoms with van der Waals surface area (Å²) in [7, 11) is -3.71. The van der Waals surface area contributed by atoms with Gasteiger partial charge < -0.3 is 4.74 Å². The third-order valence-corrected chi connectivity index (χ3v) is 7.68. The number of carbonyl (C=O) groups is 1. The van der Waals surface area contributed by atoms with Crippen LogP contribution in [0.15, 0.2) is 17.0 Å². The van der Waals surface area contributed by atoms with Crippen LogP contribution in [0.1, 0.15) is 95.8 Å². The summed E-state index contributed by atoms with van der Waals surface area (Å²) in [5, 5.41) is 0. The highest BCUT2D eigenvalue weighted by atomic mass is 32.2. The van der Waals surface area contributed by atoms with Crippen LogP contribution in [0, 0.1) is 5.92 Å². The van der Waals surface area contributed by atoms with Gasteiger partial charge in [-0.15, -0.1) is 0 Å². The maximum atomic E-state index is 13.8. The van der Waals surface area contributed by atoms with E-state index in [4.69, 9.17) is 4.74 Å². The summed E-state index contributed by atoms with van der Waals surface area (Å²) in [5.41, 5.74) is 2.91. The first-order chi connectivity index (χ1) is 13.5. The molecule has 0 amide bonds. The Morgan fingerprint density at radius 1 is 1.07 bits per heavy atom. The second-order valence-corrected chi connectivity index (χ2v) is 10.8. The van der Waals surface area contributed by atoms with E-state index in [0.29, 0.717) is 36.8 Å². The molecule has 1 aliphatic rings. The molecule has 1 aromatic carbocycles. The molecule has 0 N–H and O–H groups in total. The fourth-order valence-corrected chi connectivity index (χ4v) is 6.12. The van der Waals surface area contributed by atoms with Gasteiger partial charge in [-0.1, -0.05) is 53.7 Å². The van der Waals surface area contributed by atoms with Gasteiger partial charge in [0.15, 0.2) is 0 Å². The van der Waals surface area contributed by atoms with Gasteiger partial charge in [-0.3, -0.25) is 4.79 Å². The molecule has 0 aromatic heterocycles. The van der Waals surface area contributed by atoms with Crippen molar-refractivity contribution in [3.63, 3.8) is 0 Å². The number of ether oxygens (including phenoxy) is 1. The molecule has 1 aliphatic heterocycles. The van der Waals surface area contributed by atoms with Crippen molar-refractivity contribution in [2.45, 2.75) is 84.0 Å². The van der Waals surface area contributed by atoms with Gasteiger partial charge >= 0.3 is 5.97 Å². The van der Waals surface area contributed by atoms with Gasteiger partial charge in [0.2, 0.25) is 10.0 Å². The molecular formula is C23H37NO4S. The number of hydrogen-bond donors (Lipinski definition) is 0. The second kappa shape index (κ2) is 9.61. The van der Waals surface area contributed by atoms with E-state index in [-0.39, 0.29) is 24.3 Å². The number of rotatable bonds is 7. The predicted octanol–water partition coefficient (Wildman–Crippen LogP) is 5.02. The number of carbonyl (C=O) groups excluding carboxylic acids is 1. The van der Waals surface area contributed by atoms with Crippen LogP contribution in [0.5, 0.6) is 0 Å². The van der Waals surface area contributed by atoms with Crippen molar-refractivity contribution in [1.29, 1.82) is 0 Å². The van der Waals surface area contributed by atoms with Gasteiger partial charge in [-0.25, -0.2) is 8.42 Å². The third kappa shape index (κ3) is 5.21. The molecule has 164 valence electrons. The summed E-state index contributed by atoms with van der Waals surface area (Å²) in [6, 6.07) is 4.11. The van der Waals surface area contributed by atoms with Crippen molar-refractivity contribution in [3.8, 4) is 0 Å². The molecule has 1 heterocycles. The Morgan fingerprint density at radius 3 is 2.07 bits per heavy atom. The molecule has 6 heteroatoms. The number of benzene rings is 1. The first-order valence-electron chi connectivity index (χ1n) is 10.8. The zero-order valence-electron chi connectivity index (χ0n) is 19.0. The van der Waals surface area contributed by atoms with Gasteiger partial charge in [0.25, 0.3) is 0 Å². The maximum Gasteiger partial charge on any atom is 0.310 e. The topological polar surface area (TPSA) is 63.7 Å². The van der Waals surface area contributed by atoms with Crippen LogP contribution in [0.25, 0.3) is 0 Å². The predicted molar refractivity (Wildman–Crippen MR) is 117 cm³/mol. The first kappa shape index (κ1) is 23.9. The minimum atomic E-state index is -3.71. The molecule has 0 aliphatic carbocycles. The molecule has 0 spiro atoms. The summed E-state index contributed by atoms with van der Waals surface area (Å²) < 4.78 is 34.3. The Hall–Kier alpha value is -1.40. The zero-order chi connectivity index (χ0) is 21.9. The number of piperidine rings is 1. The molecule has 1 saturated heterocycles. The molecule has 0 bridgehead atoms. The van der Waals surface area contributed by atoms with Gasteiger partial charge in [0.1, 0.15) is 0 Å². The van der Waals surface area contributed by atoms with E-state index in [1.807, 2.05) is 27.7 Å². The molecule has 5 nitrogen and oxygen atoms in total. The van der Waals surface area contributed by atoms with E-state index in [2.05, 4.69) is 26.0 Å². The Bertz CT molecular complexity index is 798. The van der Waals surface area contributed by atoms with Crippen LogP contribution in [0.3, 0.4) is 0 Å². The fraction of sp³-hybridized carbons (Fsp3) is 0.696. The van der Waals surface area contributed by atoms with E-state index in [1.165, 1.54) is 9.87 Å². The lowest BCUT2D eigenvalue weighted by Gasteiger charge is -2.33. The average molecular weight is 424 g/mol. The minimum Gasteiger partial charge on any atom is -0.466 e. The molecule has 0 saturated carbocycles. The van der Waals surface area contributed by atoms with Crippen LogP contribution in [0.4, 0.5) is 0 Å². The monoisotopic (exact) mass is 423 g/mol. The Morgan fingerprint density at radius 2 is 1.62 bits per heavy atom. The molecule has 2 rings (SSSR count). The number of sulfonamides is 1. The normalized spacial score (nSPS) is 18.6. The molecule has 1 atom stereocenters. The van der Waals surface area contributed by atoms with E-state index in [1.54, 1.807) is 6.92 Å². The summed E-state index contributed by atoms with van der Waals surface area (Å²) in [5.74, 6) is -0.192. The number of esters is 1. The van der Waals surface area contributed by atoms with Crippen molar-refractivity contribution in [1.82, 2.24) is 4.31 Å². The Labute approximate surface area is 176 Å². The number of nitrogens with zero attached hydrogens (tertiary/aromatic N) is 1. The largest absolute Gasteiger partial charge is 0.466 e. The highest BCUT2D eigenvalue weighted by Gasteiger charge is 2.37. The molecular weight excluding hydrogens is 386 g/mol. The van der Waals surface area contributed by atoms with Crippen LogP contribution in [0.2, 0.25) is 0 Å².